The molecule has 138 valence electrons. The number of carbonyl (C=O) groups is 3. The maximum atomic E-state index is 12.9. The lowest BCUT2D eigenvalue weighted by molar-refractivity contribution is -0.140. The number of benzene rings is 1. The molecule has 2 heterocycles. The second kappa shape index (κ2) is 7.72. The maximum Gasteiger partial charge on any atom is 0.337 e. The van der Waals surface area contributed by atoms with Crippen molar-refractivity contribution in [3.05, 3.63) is 47.5 Å². The van der Waals surface area contributed by atoms with E-state index in [1.54, 1.807) is 11.0 Å². The van der Waals surface area contributed by atoms with Gasteiger partial charge in [-0.3, -0.25) is 9.59 Å². The molecule has 6 nitrogen and oxygen atoms in total. The van der Waals surface area contributed by atoms with E-state index in [-0.39, 0.29) is 23.7 Å². The van der Waals surface area contributed by atoms with Crippen molar-refractivity contribution in [2.45, 2.75) is 25.8 Å². The molecule has 1 aromatic rings. The molecule has 0 spiro atoms. The Balaban J connectivity index is 1.65. The average molecular weight is 356 g/mol. The predicted octanol–water partition coefficient (Wildman–Crippen LogP) is 1.78. The first-order valence-electron chi connectivity index (χ1n) is 8.93. The number of esters is 1. The average Bonchev–Trinajstić information content (AvgIpc) is 2.71. The number of hydrogen-bond donors (Lipinski definition) is 0. The van der Waals surface area contributed by atoms with Gasteiger partial charge in [-0.05, 0) is 48.6 Å². The zero-order chi connectivity index (χ0) is 18.7. The second-order valence-electron chi connectivity index (χ2n) is 6.79. The Morgan fingerprint density at radius 1 is 1.12 bits per heavy atom. The number of nitrogens with zero attached hydrogens (tertiary/aromatic N) is 2. The Bertz CT molecular complexity index is 735. The van der Waals surface area contributed by atoms with E-state index >= 15 is 0 Å². The molecule has 2 aliphatic heterocycles. The molecule has 1 aromatic carbocycles. The minimum Gasteiger partial charge on any atom is -0.465 e. The van der Waals surface area contributed by atoms with Crippen molar-refractivity contribution in [3.63, 3.8) is 0 Å². The van der Waals surface area contributed by atoms with Crippen LogP contribution >= 0.6 is 0 Å². The fourth-order valence-corrected chi connectivity index (χ4v) is 3.72. The highest BCUT2D eigenvalue weighted by Crippen LogP contribution is 2.25. The first kappa shape index (κ1) is 18.2. The summed E-state index contributed by atoms with van der Waals surface area (Å²) in [4.78, 5) is 39.9. The van der Waals surface area contributed by atoms with Crippen LogP contribution in [0, 0.1) is 5.92 Å². The molecular weight excluding hydrogens is 332 g/mol. The standard InChI is InChI=1S/C20H24N2O4/c1-3-18(23)21-9-7-15(8-10-21)19(24)22-11-6-14-4-5-16(20(25)26-2)12-17(14)13-22/h3-5,12,15H,1,6-11,13H2,2H3. The van der Waals surface area contributed by atoms with Gasteiger partial charge in [-0.25, -0.2) is 4.79 Å². The largest absolute Gasteiger partial charge is 0.465 e. The van der Waals surface area contributed by atoms with Gasteiger partial charge < -0.3 is 14.5 Å². The molecule has 0 aliphatic carbocycles. The van der Waals surface area contributed by atoms with E-state index in [4.69, 9.17) is 4.74 Å². The number of amides is 2. The Labute approximate surface area is 153 Å². The molecule has 2 aliphatic rings. The Morgan fingerprint density at radius 2 is 1.85 bits per heavy atom. The normalized spacial score (nSPS) is 17.4. The highest BCUT2D eigenvalue weighted by Gasteiger charge is 2.31. The molecule has 0 saturated carbocycles. The van der Waals surface area contributed by atoms with Crippen LogP contribution in [0.15, 0.2) is 30.9 Å². The minimum absolute atomic E-state index is 0.0470. The van der Waals surface area contributed by atoms with Crippen molar-refractivity contribution < 1.29 is 19.1 Å². The molecule has 26 heavy (non-hydrogen) atoms. The number of fused-ring (bicyclic) bond motifs is 1. The molecule has 0 atom stereocenters. The van der Waals surface area contributed by atoms with E-state index in [0.29, 0.717) is 44.6 Å². The molecule has 0 radical (unpaired) electrons. The summed E-state index contributed by atoms with van der Waals surface area (Å²) in [6.07, 6.45) is 3.48. The van der Waals surface area contributed by atoms with Crippen molar-refractivity contribution in [1.29, 1.82) is 0 Å². The van der Waals surface area contributed by atoms with E-state index < -0.39 is 0 Å². The number of piperidine rings is 1. The summed E-state index contributed by atoms with van der Waals surface area (Å²) in [5.41, 5.74) is 2.69. The smallest absolute Gasteiger partial charge is 0.337 e. The number of likely N-dealkylation sites (tertiary alicyclic amines) is 1. The van der Waals surface area contributed by atoms with Gasteiger partial charge in [-0.1, -0.05) is 12.6 Å². The van der Waals surface area contributed by atoms with Crippen LogP contribution in [-0.4, -0.2) is 54.3 Å². The topological polar surface area (TPSA) is 66.9 Å². The molecule has 6 heteroatoms. The second-order valence-corrected chi connectivity index (χ2v) is 6.79. The third kappa shape index (κ3) is 3.64. The van der Waals surface area contributed by atoms with Crippen LogP contribution in [0.4, 0.5) is 0 Å². The van der Waals surface area contributed by atoms with Crippen molar-refractivity contribution in [3.8, 4) is 0 Å². The van der Waals surface area contributed by atoms with Gasteiger partial charge in [0.15, 0.2) is 0 Å². The van der Waals surface area contributed by atoms with Crippen LogP contribution < -0.4 is 0 Å². The number of ether oxygens (including phenoxy) is 1. The summed E-state index contributed by atoms with van der Waals surface area (Å²) in [6.45, 7) is 5.91. The van der Waals surface area contributed by atoms with Gasteiger partial charge >= 0.3 is 5.97 Å². The Hall–Kier alpha value is -2.63. The van der Waals surface area contributed by atoms with Crippen LogP contribution in [0.25, 0.3) is 0 Å². The number of methoxy groups -OCH3 is 1. The third-order valence-corrected chi connectivity index (χ3v) is 5.28. The monoisotopic (exact) mass is 356 g/mol. The van der Waals surface area contributed by atoms with Crippen molar-refractivity contribution >= 4 is 17.8 Å². The zero-order valence-electron chi connectivity index (χ0n) is 15.1. The number of rotatable bonds is 3. The van der Waals surface area contributed by atoms with Gasteiger partial charge in [0.25, 0.3) is 0 Å². The molecule has 0 aromatic heterocycles. The fourth-order valence-electron chi connectivity index (χ4n) is 3.72. The van der Waals surface area contributed by atoms with Crippen molar-refractivity contribution in [2.75, 3.05) is 26.7 Å². The Morgan fingerprint density at radius 3 is 2.50 bits per heavy atom. The fraction of sp³-hybridized carbons (Fsp3) is 0.450. The molecular formula is C20H24N2O4. The van der Waals surface area contributed by atoms with Crippen LogP contribution in [0.2, 0.25) is 0 Å². The highest BCUT2D eigenvalue weighted by atomic mass is 16.5. The summed E-state index contributed by atoms with van der Waals surface area (Å²) in [5.74, 6) is -0.340. The van der Waals surface area contributed by atoms with Gasteiger partial charge in [-0.15, -0.1) is 0 Å². The van der Waals surface area contributed by atoms with E-state index in [2.05, 4.69) is 6.58 Å². The number of hydrogen-bond acceptors (Lipinski definition) is 4. The van der Waals surface area contributed by atoms with Crippen molar-refractivity contribution in [2.24, 2.45) is 5.92 Å². The summed E-state index contributed by atoms with van der Waals surface area (Å²) >= 11 is 0. The van der Waals surface area contributed by atoms with Crippen LogP contribution in [0.5, 0.6) is 0 Å². The summed E-state index contributed by atoms with van der Waals surface area (Å²) in [6, 6.07) is 5.54. The van der Waals surface area contributed by atoms with Crippen LogP contribution in [0.1, 0.15) is 34.3 Å². The molecule has 2 amide bonds. The van der Waals surface area contributed by atoms with E-state index in [9.17, 15) is 14.4 Å². The summed E-state index contributed by atoms with van der Waals surface area (Å²) in [7, 11) is 1.36. The van der Waals surface area contributed by atoms with Crippen LogP contribution in [0.3, 0.4) is 0 Å². The van der Waals surface area contributed by atoms with Crippen molar-refractivity contribution in [1.82, 2.24) is 9.80 Å². The van der Waals surface area contributed by atoms with Gasteiger partial charge in [0.1, 0.15) is 0 Å². The molecule has 1 saturated heterocycles. The first-order chi connectivity index (χ1) is 12.5. The summed E-state index contributed by atoms with van der Waals surface area (Å²) in [5, 5.41) is 0. The highest BCUT2D eigenvalue weighted by molar-refractivity contribution is 5.90. The van der Waals surface area contributed by atoms with Gasteiger partial charge in [0.05, 0.1) is 12.7 Å². The van der Waals surface area contributed by atoms with Gasteiger partial charge in [-0.2, -0.15) is 0 Å². The van der Waals surface area contributed by atoms with Gasteiger partial charge in [0, 0.05) is 32.1 Å². The third-order valence-electron chi connectivity index (χ3n) is 5.28. The van der Waals surface area contributed by atoms with E-state index in [1.807, 2.05) is 17.0 Å². The molecule has 3 rings (SSSR count). The molecule has 0 bridgehead atoms. The minimum atomic E-state index is -0.365. The maximum absolute atomic E-state index is 12.9. The molecule has 0 unspecified atom stereocenters. The van der Waals surface area contributed by atoms with Crippen LogP contribution in [-0.2, 0) is 27.3 Å². The Kier molecular flexibility index (Phi) is 5.40. The summed E-state index contributed by atoms with van der Waals surface area (Å²) < 4.78 is 4.78. The van der Waals surface area contributed by atoms with Gasteiger partial charge in [0.2, 0.25) is 11.8 Å². The lowest BCUT2D eigenvalue weighted by Crippen LogP contribution is -2.45. The molecule has 1 fully saturated rings. The lowest BCUT2D eigenvalue weighted by atomic mass is 9.92. The quantitative estimate of drug-likeness (QED) is 0.612. The molecule has 0 N–H and O–H groups in total. The zero-order valence-corrected chi connectivity index (χ0v) is 15.1. The van der Waals surface area contributed by atoms with E-state index in [0.717, 1.165) is 12.0 Å². The first-order valence-corrected chi connectivity index (χ1v) is 8.93. The lowest BCUT2D eigenvalue weighted by Gasteiger charge is -2.36. The van der Waals surface area contributed by atoms with E-state index in [1.165, 1.54) is 18.7 Å². The SMILES string of the molecule is C=CC(=O)N1CCC(C(=O)N2CCc3ccc(C(=O)OC)cc3C2)CC1. The number of carbonyl (C=O) groups excluding carboxylic acids is 3. The predicted molar refractivity (Wildman–Crippen MR) is 96.4 cm³/mol.